The van der Waals surface area contributed by atoms with Crippen molar-refractivity contribution >= 4 is 0 Å². The highest BCUT2D eigenvalue weighted by molar-refractivity contribution is 5.25. The first-order chi connectivity index (χ1) is 8.80. The molecule has 0 radical (unpaired) electrons. The van der Waals surface area contributed by atoms with E-state index in [4.69, 9.17) is 0 Å². The SMILES string of the molecule is CN1CC(c2ccccc2)C2(CCCNCC2)C1. The van der Waals surface area contributed by atoms with E-state index in [1.54, 1.807) is 5.56 Å². The van der Waals surface area contributed by atoms with Crippen LogP contribution in [0.2, 0.25) is 0 Å². The van der Waals surface area contributed by atoms with Gasteiger partial charge in [0.15, 0.2) is 0 Å². The monoisotopic (exact) mass is 244 g/mol. The summed E-state index contributed by atoms with van der Waals surface area (Å²) in [6.07, 6.45) is 4.04. The van der Waals surface area contributed by atoms with Crippen LogP contribution in [0.5, 0.6) is 0 Å². The fraction of sp³-hybridized carbons (Fsp3) is 0.625. The Morgan fingerprint density at radius 3 is 2.83 bits per heavy atom. The Morgan fingerprint density at radius 1 is 1.17 bits per heavy atom. The van der Waals surface area contributed by atoms with Crippen molar-refractivity contribution in [1.82, 2.24) is 10.2 Å². The van der Waals surface area contributed by atoms with Crippen LogP contribution in [0.25, 0.3) is 0 Å². The number of hydrogen-bond donors (Lipinski definition) is 1. The van der Waals surface area contributed by atoms with E-state index < -0.39 is 0 Å². The van der Waals surface area contributed by atoms with Crippen molar-refractivity contribution < 1.29 is 0 Å². The smallest absolute Gasteiger partial charge is 0.00533 e. The number of nitrogens with zero attached hydrogens (tertiary/aromatic N) is 1. The highest BCUT2D eigenvalue weighted by atomic mass is 15.1. The van der Waals surface area contributed by atoms with Crippen LogP contribution in [0.3, 0.4) is 0 Å². The Labute approximate surface area is 110 Å². The van der Waals surface area contributed by atoms with Gasteiger partial charge in [0.1, 0.15) is 0 Å². The maximum Gasteiger partial charge on any atom is 0.00533 e. The van der Waals surface area contributed by atoms with Gasteiger partial charge in [-0.05, 0) is 50.4 Å². The van der Waals surface area contributed by atoms with E-state index in [9.17, 15) is 0 Å². The number of hydrogen-bond acceptors (Lipinski definition) is 2. The van der Waals surface area contributed by atoms with Gasteiger partial charge in [-0.25, -0.2) is 0 Å². The lowest BCUT2D eigenvalue weighted by molar-refractivity contribution is 0.230. The second kappa shape index (κ2) is 5.02. The molecule has 98 valence electrons. The van der Waals surface area contributed by atoms with Gasteiger partial charge in [-0.2, -0.15) is 0 Å². The van der Waals surface area contributed by atoms with Gasteiger partial charge in [0.05, 0.1) is 0 Å². The summed E-state index contributed by atoms with van der Waals surface area (Å²) in [4.78, 5) is 2.53. The molecular weight excluding hydrogens is 220 g/mol. The van der Waals surface area contributed by atoms with Crippen molar-refractivity contribution in [2.75, 3.05) is 33.2 Å². The predicted molar refractivity (Wildman–Crippen MR) is 75.8 cm³/mol. The van der Waals surface area contributed by atoms with E-state index >= 15 is 0 Å². The van der Waals surface area contributed by atoms with E-state index in [-0.39, 0.29) is 0 Å². The predicted octanol–water partition coefficient (Wildman–Crippen LogP) is 2.48. The standard InChI is InChI=1S/C16H24N2/c1-18-12-15(14-6-3-2-4-7-14)16(13-18)8-5-10-17-11-9-16/h2-4,6-7,15,17H,5,8-13H2,1H3. The van der Waals surface area contributed by atoms with E-state index in [1.165, 1.54) is 45.4 Å². The molecular formula is C16H24N2. The maximum absolute atomic E-state index is 3.57. The van der Waals surface area contributed by atoms with Gasteiger partial charge in [-0.3, -0.25) is 0 Å². The van der Waals surface area contributed by atoms with E-state index in [1.807, 2.05) is 0 Å². The Hall–Kier alpha value is -0.860. The first-order valence-electron chi connectivity index (χ1n) is 7.24. The lowest BCUT2D eigenvalue weighted by Crippen LogP contribution is -2.30. The van der Waals surface area contributed by atoms with Crippen LogP contribution in [-0.4, -0.2) is 38.1 Å². The highest BCUT2D eigenvalue weighted by Crippen LogP contribution is 2.48. The van der Waals surface area contributed by atoms with Crippen LogP contribution in [0, 0.1) is 5.41 Å². The molecule has 2 heteroatoms. The number of likely N-dealkylation sites (tertiary alicyclic amines) is 1. The third-order valence-corrected chi connectivity index (χ3v) is 4.85. The topological polar surface area (TPSA) is 15.3 Å². The van der Waals surface area contributed by atoms with Gasteiger partial charge in [0, 0.05) is 19.0 Å². The molecule has 0 aromatic heterocycles. The fourth-order valence-electron chi connectivity index (χ4n) is 4.02. The molecule has 1 aromatic carbocycles. The minimum absolute atomic E-state index is 0.513. The summed E-state index contributed by atoms with van der Waals surface area (Å²) in [5.41, 5.74) is 2.06. The van der Waals surface area contributed by atoms with Crippen LogP contribution < -0.4 is 5.32 Å². The number of likely N-dealkylation sites (N-methyl/N-ethyl adjacent to an activating group) is 1. The third-order valence-electron chi connectivity index (χ3n) is 4.85. The Bertz CT molecular complexity index is 379. The van der Waals surface area contributed by atoms with Gasteiger partial charge in [-0.15, -0.1) is 0 Å². The molecule has 2 aliphatic heterocycles. The fourth-order valence-corrected chi connectivity index (χ4v) is 4.02. The zero-order valence-corrected chi connectivity index (χ0v) is 11.4. The summed E-state index contributed by atoms with van der Waals surface area (Å²) < 4.78 is 0. The Balaban J connectivity index is 1.91. The van der Waals surface area contributed by atoms with Gasteiger partial charge in [0.2, 0.25) is 0 Å². The molecule has 0 amide bonds. The molecule has 2 fully saturated rings. The van der Waals surface area contributed by atoms with Crippen molar-refractivity contribution in [3.05, 3.63) is 35.9 Å². The average Bonchev–Trinajstić information content (AvgIpc) is 2.57. The molecule has 0 bridgehead atoms. The van der Waals surface area contributed by atoms with Crippen molar-refractivity contribution in [3.8, 4) is 0 Å². The second-order valence-electron chi connectivity index (χ2n) is 6.13. The zero-order valence-electron chi connectivity index (χ0n) is 11.4. The van der Waals surface area contributed by atoms with Crippen LogP contribution in [-0.2, 0) is 0 Å². The molecule has 0 aliphatic carbocycles. The lowest BCUT2D eigenvalue weighted by atomic mass is 9.70. The third kappa shape index (κ3) is 2.19. The summed E-state index contributed by atoms with van der Waals surface area (Å²) in [6.45, 7) is 4.89. The maximum atomic E-state index is 3.57. The van der Waals surface area contributed by atoms with Gasteiger partial charge in [0.25, 0.3) is 0 Å². The van der Waals surface area contributed by atoms with Crippen molar-refractivity contribution in [3.63, 3.8) is 0 Å². The van der Waals surface area contributed by atoms with Gasteiger partial charge in [-0.1, -0.05) is 30.3 Å². The normalized spacial score (nSPS) is 33.7. The van der Waals surface area contributed by atoms with E-state index in [0.717, 1.165) is 5.92 Å². The van der Waals surface area contributed by atoms with Crippen LogP contribution in [0.1, 0.15) is 30.7 Å². The van der Waals surface area contributed by atoms with Crippen LogP contribution >= 0.6 is 0 Å². The molecule has 0 saturated carbocycles. The lowest BCUT2D eigenvalue weighted by Gasteiger charge is -2.34. The van der Waals surface area contributed by atoms with Gasteiger partial charge < -0.3 is 10.2 Å². The van der Waals surface area contributed by atoms with E-state index in [2.05, 4.69) is 47.6 Å². The zero-order chi connectivity index (χ0) is 12.4. The first kappa shape index (κ1) is 12.2. The van der Waals surface area contributed by atoms with Crippen molar-refractivity contribution in [2.45, 2.75) is 25.2 Å². The molecule has 2 heterocycles. The van der Waals surface area contributed by atoms with Crippen molar-refractivity contribution in [1.29, 1.82) is 0 Å². The molecule has 1 aromatic rings. The quantitative estimate of drug-likeness (QED) is 0.816. The molecule has 1 spiro atoms. The summed E-state index contributed by atoms with van der Waals surface area (Å²) in [5.74, 6) is 0.726. The van der Waals surface area contributed by atoms with Crippen LogP contribution in [0.4, 0.5) is 0 Å². The molecule has 2 nitrogen and oxygen atoms in total. The Morgan fingerprint density at radius 2 is 2.00 bits per heavy atom. The summed E-state index contributed by atoms with van der Waals surface area (Å²) in [6, 6.07) is 11.2. The molecule has 2 aliphatic rings. The minimum Gasteiger partial charge on any atom is -0.317 e. The van der Waals surface area contributed by atoms with Crippen molar-refractivity contribution in [2.24, 2.45) is 5.41 Å². The van der Waals surface area contributed by atoms with Crippen LogP contribution in [0.15, 0.2) is 30.3 Å². The summed E-state index contributed by atoms with van der Waals surface area (Å²) >= 11 is 0. The molecule has 18 heavy (non-hydrogen) atoms. The molecule has 1 N–H and O–H groups in total. The van der Waals surface area contributed by atoms with E-state index in [0.29, 0.717) is 5.41 Å². The average molecular weight is 244 g/mol. The number of nitrogens with one attached hydrogen (secondary N) is 1. The highest BCUT2D eigenvalue weighted by Gasteiger charge is 2.45. The first-order valence-corrected chi connectivity index (χ1v) is 7.24. The summed E-state index contributed by atoms with van der Waals surface area (Å²) in [7, 11) is 2.28. The Kier molecular flexibility index (Phi) is 3.40. The molecule has 2 atom stereocenters. The van der Waals surface area contributed by atoms with Gasteiger partial charge >= 0.3 is 0 Å². The summed E-state index contributed by atoms with van der Waals surface area (Å²) in [5, 5.41) is 3.57. The largest absolute Gasteiger partial charge is 0.317 e. The molecule has 3 rings (SSSR count). The number of benzene rings is 1. The second-order valence-corrected chi connectivity index (χ2v) is 6.13. The number of rotatable bonds is 1. The molecule has 2 saturated heterocycles. The molecule has 2 unspecified atom stereocenters. The minimum atomic E-state index is 0.513.